The van der Waals surface area contributed by atoms with Crippen LogP contribution in [0.5, 0.6) is 0 Å². The van der Waals surface area contributed by atoms with Gasteiger partial charge in [-0.05, 0) is 25.3 Å². The van der Waals surface area contributed by atoms with Crippen LogP contribution in [0.25, 0.3) is 0 Å². The number of hydrogen-bond acceptors (Lipinski definition) is 3. The second kappa shape index (κ2) is 5.38. The number of halogens is 2. The van der Waals surface area contributed by atoms with Gasteiger partial charge in [0.15, 0.2) is 5.78 Å². The van der Waals surface area contributed by atoms with Gasteiger partial charge in [0, 0.05) is 18.4 Å². The smallest absolute Gasteiger partial charge is 0.251 e. The zero-order valence-electron chi connectivity index (χ0n) is 11.0. The van der Waals surface area contributed by atoms with E-state index >= 15 is 0 Å². The van der Waals surface area contributed by atoms with Crippen LogP contribution in [0.15, 0.2) is 11.6 Å². The van der Waals surface area contributed by atoms with Gasteiger partial charge in [-0.25, -0.2) is 8.78 Å². The lowest BCUT2D eigenvalue weighted by atomic mass is 9.63. The van der Waals surface area contributed by atoms with Gasteiger partial charge < -0.3 is 0 Å². The summed E-state index contributed by atoms with van der Waals surface area (Å²) in [6, 6.07) is 1.95. The van der Waals surface area contributed by atoms with Crippen LogP contribution in [0.4, 0.5) is 8.78 Å². The van der Waals surface area contributed by atoms with Crippen LogP contribution in [-0.4, -0.2) is 36.7 Å². The third-order valence-electron chi connectivity index (χ3n) is 4.46. The van der Waals surface area contributed by atoms with Crippen molar-refractivity contribution in [1.82, 2.24) is 4.90 Å². The van der Waals surface area contributed by atoms with Crippen LogP contribution >= 0.6 is 0 Å². The number of ketones is 1. The first-order chi connectivity index (χ1) is 9.00. The summed E-state index contributed by atoms with van der Waals surface area (Å²) < 4.78 is 25.0. The molecule has 1 aliphatic carbocycles. The van der Waals surface area contributed by atoms with Crippen molar-refractivity contribution in [3.05, 3.63) is 11.6 Å². The standard InChI is InChI=1S/C14H18F2N2O/c1-2-14-6-10(7-17)12(19)5-11(14)3-4-18(9-14)8-13(15)16/h6,11,13H,2-5,8-9H2,1H3/t11?,14-/m0/s1. The molecule has 19 heavy (non-hydrogen) atoms. The number of hydrogen-bond donors (Lipinski definition) is 0. The van der Waals surface area contributed by atoms with E-state index in [2.05, 4.69) is 0 Å². The predicted molar refractivity (Wildman–Crippen MR) is 66.6 cm³/mol. The molecule has 5 heteroatoms. The van der Waals surface area contributed by atoms with Crippen molar-refractivity contribution in [2.45, 2.75) is 32.6 Å². The van der Waals surface area contributed by atoms with E-state index in [1.807, 2.05) is 13.0 Å². The maximum atomic E-state index is 12.5. The van der Waals surface area contributed by atoms with E-state index in [9.17, 15) is 13.6 Å². The number of likely N-dealkylation sites (tertiary alicyclic amines) is 1. The van der Waals surface area contributed by atoms with Crippen molar-refractivity contribution >= 4 is 5.78 Å². The van der Waals surface area contributed by atoms with Gasteiger partial charge in [0.1, 0.15) is 6.07 Å². The van der Waals surface area contributed by atoms with E-state index in [4.69, 9.17) is 5.26 Å². The molecular formula is C14H18F2N2O. The van der Waals surface area contributed by atoms with Crippen molar-refractivity contribution < 1.29 is 13.6 Å². The predicted octanol–water partition coefficient (Wildman–Crippen LogP) is 2.39. The van der Waals surface area contributed by atoms with Crippen LogP contribution in [0.2, 0.25) is 0 Å². The number of fused-ring (bicyclic) bond motifs is 1. The van der Waals surface area contributed by atoms with Crippen molar-refractivity contribution in [1.29, 1.82) is 5.26 Å². The average Bonchev–Trinajstić information content (AvgIpc) is 2.37. The maximum absolute atomic E-state index is 12.5. The number of carbonyl (C=O) groups is 1. The average molecular weight is 268 g/mol. The second-order valence-electron chi connectivity index (χ2n) is 5.50. The third-order valence-corrected chi connectivity index (χ3v) is 4.46. The number of nitrogens with zero attached hydrogens (tertiary/aromatic N) is 2. The highest BCUT2D eigenvalue weighted by Gasteiger charge is 2.45. The van der Waals surface area contributed by atoms with Crippen molar-refractivity contribution in [3.63, 3.8) is 0 Å². The minimum atomic E-state index is -2.34. The molecular weight excluding hydrogens is 250 g/mol. The maximum Gasteiger partial charge on any atom is 0.251 e. The zero-order chi connectivity index (χ0) is 14.0. The molecule has 1 fully saturated rings. The lowest BCUT2D eigenvalue weighted by Crippen LogP contribution is -2.51. The van der Waals surface area contributed by atoms with Crippen LogP contribution < -0.4 is 0 Å². The summed E-state index contributed by atoms with van der Waals surface area (Å²) in [5.74, 6) is 0.0925. The first-order valence-corrected chi connectivity index (χ1v) is 6.67. The quantitative estimate of drug-likeness (QED) is 0.789. The largest absolute Gasteiger partial charge is 0.297 e. The fraction of sp³-hybridized carbons (Fsp3) is 0.714. The highest BCUT2D eigenvalue weighted by atomic mass is 19.3. The Kier molecular flexibility index (Phi) is 4.00. The number of allylic oxidation sites excluding steroid dienone is 1. The summed E-state index contributed by atoms with van der Waals surface area (Å²) in [6.07, 6.45) is 1.32. The molecule has 1 aliphatic heterocycles. The SMILES string of the molecule is CC[C@@]12C=C(C#N)C(=O)CC1CCN(CC(F)F)C2. The molecule has 0 N–H and O–H groups in total. The number of nitriles is 1. The number of Topliss-reactive ketones (excluding diaryl/α,β-unsaturated/α-hetero) is 1. The van der Waals surface area contributed by atoms with E-state index in [-0.39, 0.29) is 29.2 Å². The van der Waals surface area contributed by atoms with Crippen molar-refractivity contribution in [2.75, 3.05) is 19.6 Å². The molecule has 1 unspecified atom stereocenters. The lowest BCUT2D eigenvalue weighted by molar-refractivity contribution is -0.119. The van der Waals surface area contributed by atoms with Crippen LogP contribution in [0, 0.1) is 22.7 Å². The Bertz CT molecular complexity index is 441. The molecule has 1 heterocycles. The molecule has 0 amide bonds. The molecule has 0 saturated carbocycles. The minimum absolute atomic E-state index is 0.0983. The van der Waals surface area contributed by atoms with Crippen molar-refractivity contribution in [3.8, 4) is 6.07 Å². The second-order valence-corrected chi connectivity index (χ2v) is 5.50. The van der Waals surface area contributed by atoms with Crippen LogP contribution in [0.1, 0.15) is 26.2 Å². The zero-order valence-corrected chi connectivity index (χ0v) is 11.0. The van der Waals surface area contributed by atoms with Crippen LogP contribution in [0.3, 0.4) is 0 Å². The van der Waals surface area contributed by atoms with Gasteiger partial charge in [-0.1, -0.05) is 13.0 Å². The molecule has 1 saturated heterocycles. The van der Waals surface area contributed by atoms with E-state index in [1.165, 1.54) is 0 Å². The Morgan fingerprint density at radius 3 is 2.95 bits per heavy atom. The molecule has 104 valence electrons. The first-order valence-electron chi connectivity index (χ1n) is 6.67. The van der Waals surface area contributed by atoms with E-state index < -0.39 is 6.43 Å². The summed E-state index contributed by atoms with van der Waals surface area (Å²) in [5, 5.41) is 9.00. The highest BCUT2D eigenvalue weighted by Crippen LogP contribution is 2.45. The Morgan fingerprint density at radius 2 is 2.37 bits per heavy atom. The highest BCUT2D eigenvalue weighted by molar-refractivity contribution is 6.00. The van der Waals surface area contributed by atoms with Gasteiger partial charge in [-0.3, -0.25) is 9.69 Å². The van der Waals surface area contributed by atoms with Gasteiger partial charge in [0.2, 0.25) is 0 Å². The molecule has 0 aromatic heterocycles. The third kappa shape index (κ3) is 2.69. The summed E-state index contributed by atoms with van der Waals surface area (Å²) >= 11 is 0. The normalized spacial score (nSPS) is 31.8. The first kappa shape index (κ1) is 14.1. The summed E-state index contributed by atoms with van der Waals surface area (Å²) in [4.78, 5) is 13.5. The summed E-state index contributed by atoms with van der Waals surface area (Å²) in [7, 11) is 0. The molecule has 0 bridgehead atoms. The Morgan fingerprint density at radius 1 is 1.63 bits per heavy atom. The summed E-state index contributed by atoms with van der Waals surface area (Å²) in [5.41, 5.74) is -0.0800. The topological polar surface area (TPSA) is 44.1 Å². The molecule has 0 aromatic rings. The van der Waals surface area contributed by atoms with Crippen LogP contribution in [-0.2, 0) is 4.79 Å². The molecule has 2 rings (SSSR count). The van der Waals surface area contributed by atoms with Gasteiger partial charge >= 0.3 is 0 Å². The lowest BCUT2D eigenvalue weighted by Gasteiger charge is -2.48. The van der Waals surface area contributed by atoms with E-state index in [1.54, 1.807) is 11.0 Å². The summed E-state index contributed by atoms with van der Waals surface area (Å²) in [6.45, 7) is 2.91. The molecule has 0 radical (unpaired) electrons. The number of alkyl halides is 2. The Labute approximate surface area is 111 Å². The Hall–Kier alpha value is -1.28. The fourth-order valence-electron chi connectivity index (χ4n) is 3.37. The molecule has 2 atom stereocenters. The van der Waals surface area contributed by atoms with E-state index in [0.29, 0.717) is 19.5 Å². The molecule has 0 aromatic carbocycles. The van der Waals surface area contributed by atoms with Gasteiger partial charge in [-0.2, -0.15) is 5.26 Å². The number of carbonyl (C=O) groups excluding carboxylic acids is 1. The minimum Gasteiger partial charge on any atom is -0.297 e. The molecule has 3 nitrogen and oxygen atoms in total. The molecule has 2 aliphatic rings. The number of rotatable bonds is 3. The van der Waals surface area contributed by atoms with Crippen molar-refractivity contribution in [2.24, 2.45) is 11.3 Å². The van der Waals surface area contributed by atoms with E-state index in [0.717, 1.165) is 12.8 Å². The molecule has 0 spiro atoms. The fourth-order valence-corrected chi connectivity index (χ4v) is 3.37. The number of piperidine rings is 1. The van der Waals surface area contributed by atoms with Gasteiger partial charge in [0.05, 0.1) is 12.1 Å². The van der Waals surface area contributed by atoms with Gasteiger partial charge in [0.25, 0.3) is 6.43 Å². The van der Waals surface area contributed by atoms with Gasteiger partial charge in [-0.15, -0.1) is 0 Å². The monoisotopic (exact) mass is 268 g/mol. The Balaban J connectivity index is 2.25.